The minimum absolute atomic E-state index is 0.0171. The van der Waals surface area contributed by atoms with Gasteiger partial charge in [0, 0.05) is 28.6 Å². The van der Waals surface area contributed by atoms with Crippen LogP contribution in [0.1, 0.15) is 24.9 Å². The lowest BCUT2D eigenvalue weighted by Gasteiger charge is -2.21. The van der Waals surface area contributed by atoms with E-state index >= 15 is 0 Å². The van der Waals surface area contributed by atoms with Crippen molar-refractivity contribution in [2.24, 2.45) is 11.7 Å². The fourth-order valence-corrected chi connectivity index (χ4v) is 2.54. The molecule has 3 nitrogen and oxygen atoms in total. The van der Waals surface area contributed by atoms with Crippen LogP contribution in [-0.4, -0.2) is 19.8 Å². The summed E-state index contributed by atoms with van der Waals surface area (Å²) in [7, 11) is 0. The smallest absolute Gasteiger partial charge is 0.124 e. The molecule has 0 aromatic heterocycles. The molecule has 0 bridgehead atoms. The molecule has 1 aliphatic rings. The van der Waals surface area contributed by atoms with Crippen molar-refractivity contribution in [2.75, 3.05) is 19.8 Å². The standard InChI is InChI=1S/C13H18BrNO2/c1-2-17-12-4-3-10(14)7-11(12)13(15)9-5-6-16-8-9/h3-4,7,9,13H,2,5-6,8,15H2,1H3. The van der Waals surface area contributed by atoms with Crippen molar-refractivity contribution in [3.8, 4) is 5.75 Å². The second-order valence-corrected chi connectivity index (χ2v) is 5.18. The minimum Gasteiger partial charge on any atom is -0.494 e. The number of nitrogens with two attached hydrogens (primary N) is 1. The van der Waals surface area contributed by atoms with E-state index in [0.29, 0.717) is 12.5 Å². The monoisotopic (exact) mass is 299 g/mol. The van der Waals surface area contributed by atoms with E-state index < -0.39 is 0 Å². The molecular weight excluding hydrogens is 282 g/mol. The quantitative estimate of drug-likeness (QED) is 0.930. The van der Waals surface area contributed by atoms with Gasteiger partial charge in [0.15, 0.2) is 0 Å². The normalized spacial score (nSPS) is 21.5. The van der Waals surface area contributed by atoms with Crippen LogP contribution in [0.25, 0.3) is 0 Å². The summed E-state index contributed by atoms with van der Waals surface area (Å²) >= 11 is 3.48. The van der Waals surface area contributed by atoms with E-state index in [2.05, 4.69) is 15.9 Å². The number of ether oxygens (including phenoxy) is 2. The molecule has 2 atom stereocenters. The molecule has 1 aliphatic heterocycles. The first kappa shape index (κ1) is 12.9. The molecule has 0 spiro atoms. The molecular formula is C13H18BrNO2. The highest BCUT2D eigenvalue weighted by Crippen LogP contribution is 2.34. The highest BCUT2D eigenvalue weighted by molar-refractivity contribution is 9.10. The zero-order valence-corrected chi connectivity index (χ0v) is 11.6. The van der Waals surface area contributed by atoms with Gasteiger partial charge in [-0.15, -0.1) is 0 Å². The molecule has 4 heteroatoms. The Hall–Kier alpha value is -0.580. The Balaban J connectivity index is 2.24. The topological polar surface area (TPSA) is 44.5 Å². The highest BCUT2D eigenvalue weighted by atomic mass is 79.9. The first-order valence-electron chi connectivity index (χ1n) is 5.98. The van der Waals surface area contributed by atoms with Crippen LogP contribution in [0.3, 0.4) is 0 Å². The number of rotatable bonds is 4. The maximum Gasteiger partial charge on any atom is 0.124 e. The van der Waals surface area contributed by atoms with Gasteiger partial charge in [0.25, 0.3) is 0 Å². The van der Waals surface area contributed by atoms with E-state index in [9.17, 15) is 0 Å². The van der Waals surface area contributed by atoms with Crippen LogP contribution in [0.5, 0.6) is 5.75 Å². The van der Waals surface area contributed by atoms with Crippen LogP contribution < -0.4 is 10.5 Å². The summed E-state index contributed by atoms with van der Waals surface area (Å²) in [5.74, 6) is 1.28. The molecule has 1 saturated heterocycles. The Morgan fingerprint density at radius 2 is 2.41 bits per heavy atom. The summed E-state index contributed by atoms with van der Waals surface area (Å²) in [5, 5.41) is 0. The lowest BCUT2D eigenvalue weighted by Crippen LogP contribution is -2.22. The Morgan fingerprint density at radius 3 is 3.06 bits per heavy atom. The van der Waals surface area contributed by atoms with Gasteiger partial charge in [0.1, 0.15) is 5.75 Å². The predicted octanol–water partition coefficient (Wildman–Crippen LogP) is 2.88. The predicted molar refractivity (Wildman–Crippen MR) is 71.2 cm³/mol. The van der Waals surface area contributed by atoms with Gasteiger partial charge in [-0.1, -0.05) is 15.9 Å². The summed E-state index contributed by atoms with van der Waals surface area (Å²) in [6.07, 6.45) is 1.03. The van der Waals surface area contributed by atoms with E-state index in [-0.39, 0.29) is 6.04 Å². The average Bonchev–Trinajstić information content (AvgIpc) is 2.84. The largest absolute Gasteiger partial charge is 0.494 e. The first-order valence-corrected chi connectivity index (χ1v) is 6.77. The second kappa shape index (κ2) is 5.85. The van der Waals surface area contributed by atoms with Crippen LogP contribution >= 0.6 is 15.9 Å². The average molecular weight is 300 g/mol. The fraction of sp³-hybridized carbons (Fsp3) is 0.538. The third kappa shape index (κ3) is 3.00. The van der Waals surface area contributed by atoms with E-state index in [1.165, 1.54) is 0 Å². The minimum atomic E-state index is -0.0171. The fourth-order valence-electron chi connectivity index (χ4n) is 2.16. The molecule has 0 radical (unpaired) electrons. The molecule has 0 amide bonds. The van der Waals surface area contributed by atoms with Gasteiger partial charge >= 0.3 is 0 Å². The number of halogens is 1. The maximum absolute atomic E-state index is 6.32. The Kier molecular flexibility index (Phi) is 4.42. The third-order valence-electron chi connectivity index (χ3n) is 3.10. The van der Waals surface area contributed by atoms with Gasteiger partial charge in [-0.3, -0.25) is 0 Å². The van der Waals surface area contributed by atoms with Crippen molar-refractivity contribution in [3.05, 3.63) is 28.2 Å². The Labute approximate surface area is 110 Å². The molecule has 2 rings (SSSR count). The lowest BCUT2D eigenvalue weighted by atomic mass is 9.92. The van der Waals surface area contributed by atoms with Crippen LogP contribution in [0.15, 0.2) is 22.7 Å². The van der Waals surface area contributed by atoms with Gasteiger partial charge in [0.2, 0.25) is 0 Å². The second-order valence-electron chi connectivity index (χ2n) is 4.26. The summed E-state index contributed by atoms with van der Waals surface area (Å²) in [4.78, 5) is 0. The maximum atomic E-state index is 6.32. The molecule has 1 aromatic carbocycles. The van der Waals surface area contributed by atoms with Crippen molar-refractivity contribution in [3.63, 3.8) is 0 Å². The van der Waals surface area contributed by atoms with Crippen LogP contribution in [0.2, 0.25) is 0 Å². The summed E-state index contributed by atoms with van der Waals surface area (Å²) in [5.41, 5.74) is 7.39. The van der Waals surface area contributed by atoms with Crippen molar-refractivity contribution >= 4 is 15.9 Å². The molecule has 2 unspecified atom stereocenters. The van der Waals surface area contributed by atoms with Crippen LogP contribution in [0.4, 0.5) is 0 Å². The van der Waals surface area contributed by atoms with Crippen molar-refractivity contribution in [2.45, 2.75) is 19.4 Å². The van der Waals surface area contributed by atoms with Crippen molar-refractivity contribution in [1.29, 1.82) is 0 Å². The van der Waals surface area contributed by atoms with Crippen molar-refractivity contribution < 1.29 is 9.47 Å². The molecule has 94 valence electrons. The van der Waals surface area contributed by atoms with Gasteiger partial charge in [-0.25, -0.2) is 0 Å². The lowest BCUT2D eigenvalue weighted by molar-refractivity contribution is 0.180. The molecule has 0 saturated carbocycles. The highest BCUT2D eigenvalue weighted by Gasteiger charge is 2.26. The summed E-state index contributed by atoms with van der Waals surface area (Å²) in [6.45, 7) is 4.20. The van der Waals surface area contributed by atoms with Gasteiger partial charge in [-0.05, 0) is 31.5 Å². The Bertz CT molecular complexity index is 378. The van der Waals surface area contributed by atoms with E-state index in [0.717, 1.165) is 35.4 Å². The first-order chi connectivity index (χ1) is 8.22. The molecule has 0 aliphatic carbocycles. The van der Waals surface area contributed by atoms with E-state index in [1.807, 2.05) is 25.1 Å². The SMILES string of the molecule is CCOc1ccc(Br)cc1C(N)C1CCOC1. The number of benzene rings is 1. The van der Waals surface area contributed by atoms with E-state index in [4.69, 9.17) is 15.2 Å². The van der Waals surface area contributed by atoms with Gasteiger partial charge in [-0.2, -0.15) is 0 Å². The summed E-state index contributed by atoms with van der Waals surface area (Å²) < 4.78 is 12.1. The zero-order chi connectivity index (χ0) is 12.3. The van der Waals surface area contributed by atoms with Gasteiger partial charge in [0.05, 0.1) is 13.2 Å². The molecule has 2 N–H and O–H groups in total. The molecule has 1 aromatic rings. The summed E-state index contributed by atoms with van der Waals surface area (Å²) in [6, 6.07) is 5.98. The Morgan fingerprint density at radius 1 is 1.59 bits per heavy atom. The molecule has 17 heavy (non-hydrogen) atoms. The van der Waals surface area contributed by atoms with Gasteiger partial charge < -0.3 is 15.2 Å². The number of hydrogen-bond acceptors (Lipinski definition) is 3. The molecule has 1 heterocycles. The zero-order valence-electron chi connectivity index (χ0n) is 9.99. The van der Waals surface area contributed by atoms with Crippen LogP contribution in [-0.2, 0) is 4.74 Å². The molecule has 1 fully saturated rings. The van der Waals surface area contributed by atoms with Crippen molar-refractivity contribution in [1.82, 2.24) is 0 Å². The van der Waals surface area contributed by atoms with Crippen LogP contribution in [0, 0.1) is 5.92 Å². The van der Waals surface area contributed by atoms with E-state index in [1.54, 1.807) is 0 Å². The third-order valence-corrected chi connectivity index (χ3v) is 3.60. The number of hydrogen-bond donors (Lipinski definition) is 1.